The average molecular weight is 284 g/mol. The number of benzene rings is 1. The van der Waals surface area contributed by atoms with Gasteiger partial charge in [-0.1, -0.05) is 30.5 Å². The van der Waals surface area contributed by atoms with Crippen LogP contribution in [0.5, 0.6) is 5.75 Å². The zero-order valence-electron chi connectivity index (χ0n) is 11.3. The Labute approximate surface area is 119 Å². The maximum atomic E-state index is 10.1. The molecule has 3 atom stereocenters. The summed E-state index contributed by atoms with van der Waals surface area (Å²) in [4.78, 5) is 0. The molecule has 4 heteroatoms. The Morgan fingerprint density at radius 3 is 2.74 bits per heavy atom. The van der Waals surface area contributed by atoms with E-state index in [1.165, 1.54) is 0 Å². The summed E-state index contributed by atoms with van der Waals surface area (Å²) >= 11 is 6.22. The third kappa shape index (κ3) is 3.85. The van der Waals surface area contributed by atoms with Gasteiger partial charge in [0.15, 0.2) is 0 Å². The minimum absolute atomic E-state index is 0.0463. The highest BCUT2D eigenvalue weighted by molar-refractivity contribution is 6.32. The van der Waals surface area contributed by atoms with Crippen LogP contribution in [0.25, 0.3) is 0 Å². The van der Waals surface area contributed by atoms with Gasteiger partial charge in [0.25, 0.3) is 0 Å². The summed E-state index contributed by atoms with van der Waals surface area (Å²) in [5, 5.41) is 10.6. The van der Waals surface area contributed by atoms with Crippen molar-refractivity contribution in [2.24, 2.45) is 5.73 Å². The quantitative estimate of drug-likeness (QED) is 0.836. The first-order valence-electron chi connectivity index (χ1n) is 6.97. The van der Waals surface area contributed by atoms with Crippen LogP contribution in [0.4, 0.5) is 0 Å². The lowest BCUT2D eigenvalue weighted by atomic mass is 10.1. The third-order valence-electron chi connectivity index (χ3n) is 3.68. The summed E-state index contributed by atoms with van der Waals surface area (Å²) in [6.45, 7) is 1.92. The lowest BCUT2D eigenvalue weighted by molar-refractivity contribution is 0.0320. The second-order valence-corrected chi connectivity index (χ2v) is 5.75. The van der Waals surface area contributed by atoms with E-state index in [-0.39, 0.29) is 12.1 Å². The minimum atomic E-state index is -0.397. The third-order valence-corrected chi connectivity index (χ3v) is 3.97. The molecular formula is C15H22ClNO2. The molecule has 0 radical (unpaired) electrons. The first kappa shape index (κ1) is 14.6. The van der Waals surface area contributed by atoms with Crippen molar-refractivity contribution >= 4 is 11.6 Å². The monoisotopic (exact) mass is 283 g/mol. The molecule has 0 aliphatic heterocycles. The number of halogens is 1. The van der Waals surface area contributed by atoms with Crippen molar-refractivity contribution in [3.8, 4) is 5.75 Å². The largest absolute Gasteiger partial charge is 0.486 e. The molecule has 0 spiro atoms. The van der Waals surface area contributed by atoms with Crippen molar-refractivity contribution in [3.05, 3.63) is 28.8 Å². The Morgan fingerprint density at radius 1 is 1.32 bits per heavy atom. The number of hydrogen-bond donors (Lipinski definition) is 2. The maximum absolute atomic E-state index is 10.1. The highest BCUT2D eigenvalue weighted by atomic mass is 35.5. The number of rotatable bonds is 3. The Morgan fingerprint density at radius 2 is 2.05 bits per heavy atom. The summed E-state index contributed by atoms with van der Waals surface area (Å²) in [5.74, 6) is 0.636. The lowest BCUT2D eigenvalue weighted by Crippen LogP contribution is -2.30. The van der Waals surface area contributed by atoms with E-state index in [1.807, 2.05) is 25.1 Å². The van der Waals surface area contributed by atoms with Gasteiger partial charge in [0, 0.05) is 6.04 Å². The molecule has 1 aliphatic carbocycles. The fourth-order valence-corrected chi connectivity index (χ4v) is 2.68. The van der Waals surface area contributed by atoms with Crippen molar-refractivity contribution < 1.29 is 9.84 Å². The zero-order chi connectivity index (χ0) is 13.8. The van der Waals surface area contributed by atoms with Crippen LogP contribution >= 0.6 is 11.6 Å². The number of nitrogens with two attached hydrogens (primary N) is 1. The van der Waals surface area contributed by atoms with E-state index in [1.54, 1.807) is 0 Å². The topological polar surface area (TPSA) is 55.5 Å². The molecule has 3 N–H and O–H groups in total. The van der Waals surface area contributed by atoms with Crippen molar-refractivity contribution in [1.29, 1.82) is 0 Å². The van der Waals surface area contributed by atoms with Gasteiger partial charge in [-0.2, -0.15) is 0 Å². The molecule has 0 heterocycles. The second kappa shape index (κ2) is 6.60. The summed E-state index contributed by atoms with van der Waals surface area (Å²) in [5.41, 5.74) is 6.81. The van der Waals surface area contributed by atoms with Crippen LogP contribution in [0, 0.1) is 0 Å². The van der Waals surface area contributed by atoms with E-state index < -0.39 is 6.10 Å². The van der Waals surface area contributed by atoms with Crippen LogP contribution < -0.4 is 10.5 Å². The Kier molecular flexibility index (Phi) is 5.08. The second-order valence-electron chi connectivity index (χ2n) is 5.34. The van der Waals surface area contributed by atoms with Gasteiger partial charge in [0.2, 0.25) is 0 Å². The molecule has 1 aromatic carbocycles. The highest BCUT2D eigenvalue weighted by Gasteiger charge is 2.24. The number of hydrogen-bond acceptors (Lipinski definition) is 3. The number of aliphatic hydroxyl groups is 1. The van der Waals surface area contributed by atoms with Crippen molar-refractivity contribution in [2.45, 2.75) is 57.3 Å². The van der Waals surface area contributed by atoms with Gasteiger partial charge in [-0.05, 0) is 43.9 Å². The molecule has 1 aromatic rings. The van der Waals surface area contributed by atoms with Gasteiger partial charge >= 0.3 is 0 Å². The minimum Gasteiger partial charge on any atom is -0.486 e. The lowest BCUT2D eigenvalue weighted by Gasteiger charge is -2.23. The molecule has 2 unspecified atom stereocenters. The number of ether oxygens (including phenoxy) is 1. The highest BCUT2D eigenvalue weighted by Crippen LogP contribution is 2.30. The molecule has 0 bridgehead atoms. The smallest absolute Gasteiger partial charge is 0.138 e. The first-order valence-corrected chi connectivity index (χ1v) is 7.35. The molecule has 106 valence electrons. The van der Waals surface area contributed by atoms with Crippen LogP contribution in [0.1, 0.15) is 50.6 Å². The van der Waals surface area contributed by atoms with E-state index in [0.29, 0.717) is 10.8 Å². The summed E-state index contributed by atoms with van der Waals surface area (Å²) in [6.07, 6.45) is 4.46. The molecule has 2 rings (SSSR count). The molecule has 19 heavy (non-hydrogen) atoms. The zero-order valence-corrected chi connectivity index (χ0v) is 12.1. The molecule has 1 aliphatic rings. The Bertz CT molecular complexity index is 423. The fourth-order valence-electron chi connectivity index (χ4n) is 2.45. The van der Waals surface area contributed by atoms with E-state index in [4.69, 9.17) is 22.1 Å². The van der Waals surface area contributed by atoms with Gasteiger partial charge in [0.05, 0.1) is 11.1 Å². The maximum Gasteiger partial charge on any atom is 0.138 e. The fraction of sp³-hybridized carbons (Fsp3) is 0.600. The molecule has 3 nitrogen and oxygen atoms in total. The van der Waals surface area contributed by atoms with E-state index in [9.17, 15) is 5.11 Å². The standard InChI is InChI=1S/C15H22ClNO2/c1-10(17)11-7-8-14(12(16)9-11)19-15-6-4-2-3-5-13(15)18/h7-10,13,15,18H,2-6,17H2,1H3/t10-,13?,15?/m1/s1. The van der Waals surface area contributed by atoms with Gasteiger partial charge < -0.3 is 15.6 Å². The van der Waals surface area contributed by atoms with Crippen LogP contribution in [0.3, 0.4) is 0 Å². The van der Waals surface area contributed by atoms with Gasteiger partial charge in [-0.25, -0.2) is 0 Å². The molecule has 1 fully saturated rings. The van der Waals surface area contributed by atoms with Crippen LogP contribution in [0.15, 0.2) is 18.2 Å². The Hall–Kier alpha value is -0.770. The van der Waals surface area contributed by atoms with Crippen LogP contribution in [-0.2, 0) is 0 Å². The predicted octanol–water partition coefficient (Wildman–Crippen LogP) is 3.43. The molecule has 0 saturated heterocycles. The van der Waals surface area contributed by atoms with E-state index >= 15 is 0 Å². The normalized spacial score (nSPS) is 25.7. The summed E-state index contributed by atoms with van der Waals surface area (Å²) in [7, 11) is 0. The van der Waals surface area contributed by atoms with Crippen LogP contribution in [0.2, 0.25) is 5.02 Å². The van der Waals surface area contributed by atoms with Crippen molar-refractivity contribution in [3.63, 3.8) is 0 Å². The Balaban J connectivity index is 2.09. The predicted molar refractivity (Wildman–Crippen MR) is 77.6 cm³/mol. The van der Waals surface area contributed by atoms with Gasteiger partial charge in [-0.3, -0.25) is 0 Å². The molecule has 1 saturated carbocycles. The average Bonchev–Trinajstić information content (AvgIpc) is 2.57. The SMILES string of the molecule is C[C@@H](N)c1ccc(OC2CCCCCC2O)c(Cl)c1. The van der Waals surface area contributed by atoms with Gasteiger partial charge in [0.1, 0.15) is 11.9 Å². The number of aliphatic hydroxyl groups excluding tert-OH is 1. The molecule has 0 amide bonds. The van der Waals surface area contributed by atoms with Crippen LogP contribution in [-0.4, -0.2) is 17.3 Å². The molecular weight excluding hydrogens is 262 g/mol. The van der Waals surface area contributed by atoms with Gasteiger partial charge in [-0.15, -0.1) is 0 Å². The first-order chi connectivity index (χ1) is 9.08. The van der Waals surface area contributed by atoms with E-state index in [0.717, 1.165) is 37.7 Å². The van der Waals surface area contributed by atoms with Crippen molar-refractivity contribution in [1.82, 2.24) is 0 Å². The van der Waals surface area contributed by atoms with Crippen molar-refractivity contribution in [2.75, 3.05) is 0 Å². The summed E-state index contributed by atoms with van der Waals surface area (Å²) < 4.78 is 5.89. The van der Waals surface area contributed by atoms with E-state index in [2.05, 4.69) is 0 Å². The molecule has 0 aromatic heterocycles. The summed E-state index contributed by atoms with van der Waals surface area (Å²) in [6, 6.07) is 5.56.